The van der Waals surface area contributed by atoms with Crippen molar-refractivity contribution in [1.82, 2.24) is 0 Å². The molecule has 1 radical (unpaired) electrons. The van der Waals surface area contributed by atoms with Crippen molar-refractivity contribution in [2.75, 3.05) is 0 Å². The lowest BCUT2D eigenvalue weighted by Crippen LogP contribution is -1.85. The van der Waals surface area contributed by atoms with Crippen LogP contribution in [0.2, 0.25) is 0 Å². The summed E-state index contributed by atoms with van der Waals surface area (Å²) in [6.45, 7) is 0. The van der Waals surface area contributed by atoms with Crippen LogP contribution in [0, 0.1) is 0 Å². The Kier molecular flexibility index (Phi) is 3.29. The maximum atomic E-state index is 10.9. The van der Waals surface area contributed by atoms with Crippen molar-refractivity contribution >= 4 is 17.9 Å². The van der Waals surface area contributed by atoms with Gasteiger partial charge in [0.1, 0.15) is 0 Å². The largest absolute Gasteiger partial charge is 0.285 e. The third-order valence-corrected chi connectivity index (χ3v) is 2.31. The van der Waals surface area contributed by atoms with Gasteiger partial charge in [-0.15, -0.1) is 0 Å². The maximum Gasteiger partial charge on any atom is 0.234 e. The number of hydrogen-bond donors (Lipinski definition) is 0. The molecule has 2 aromatic rings. The summed E-state index contributed by atoms with van der Waals surface area (Å²) in [5.74, 6) is 0. The van der Waals surface area contributed by atoms with Crippen LogP contribution in [0.5, 0.6) is 0 Å². The predicted octanol–water partition coefficient (Wildman–Crippen LogP) is 3.34. The smallest absolute Gasteiger partial charge is 0.234 e. The lowest BCUT2D eigenvalue weighted by atomic mass is 10.0. The summed E-state index contributed by atoms with van der Waals surface area (Å²) in [7, 11) is 0. The molecular weight excluding hydrogens is 196 g/mol. The van der Waals surface area contributed by atoms with Gasteiger partial charge in [-0.2, -0.15) is 0 Å². The Morgan fingerprint density at radius 3 is 2.00 bits per heavy atom. The molecule has 2 rings (SSSR count). The molecule has 0 bridgehead atoms. The average molecular weight is 207 g/mol. The fourth-order valence-corrected chi connectivity index (χ4v) is 1.51. The predicted molar refractivity (Wildman–Crippen MR) is 66.4 cm³/mol. The monoisotopic (exact) mass is 207 g/mol. The van der Waals surface area contributed by atoms with Gasteiger partial charge in [-0.05, 0) is 17.2 Å². The molecule has 0 N–H and O–H groups in total. The van der Waals surface area contributed by atoms with E-state index in [-0.39, 0.29) is 0 Å². The van der Waals surface area contributed by atoms with Crippen LogP contribution in [0.1, 0.15) is 11.1 Å². The number of allylic oxidation sites excluding steroid dienone is 1. The van der Waals surface area contributed by atoms with Crippen LogP contribution >= 0.6 is 0 Å². The summed E-state index contributed by atoms with van der Waals surface area (Å²) in [6, 6.07) is 19.3. The van der Waals surface area contributed by atoms with Crippen molar-refractivity contribution in [1.29, 1.82) is 0 Å². The molecule has 0 spiro atoms. The molecule has 0 fully saturated rings. The second-order valence-corrected chi connectivity index (χ2v) is 3.44. The molecule has 0 heterocycles. The van der Waals surface area contributed by atoms with Gasteiger partial charge in [0.2, 0.25) is 6.29 Å². The highest BCUT2D eigenvalue weighted by Crippen LogP contribution is 2.15. The van der Waals surface area contributed by atoms with Crippen LogP contribution in [0.3, 0.4) is 0 Å². The first-order valence-electron chi connectivity index (χ1n) is 5.10. The highest BCUT2D eigenvalue weighted by molar-refractivity contribution is 6.13. The van der Waals surface area contributed by atoms with E-state index in [9.17, 15) is 4.79 Å². The average Bonchev–Trinajstić information content (AvgIpc) is 2.38. The van der Waals surface area contributed by atoms with Crippen molar-refractivity contribution in [3.05, 3.63) is 71.8 Å². The first-order valence-corrected chi connectivity index (χ1v) is 5.10. The van der Waals surface area contributed by atoms with E-state index in [4.69, 9.17) is 0 Å². The first kappa shape index (κ1) is 10.4. The lowest BCUT2D eigenvalue weighted by molar-refractivity contribution is 0.565. The van der Waals surface area contributed by atoms with Crippen molar-refractivity contribution in [3.63, 3.8) is 0 Å². The molecule has 0 unspecified atom stereocenters. The van der Waals surface area contributed by atoms with Gasteiger partial charge >= 0.3 is 0 Å². The molecule has 2 aromatic carbocycles. The number of hydrogen-bond acceptors (Lipinski definition) is 1. The number of rotatable bonds is 3. The summed E-state index contributed by atoms with van der Waals surface area (Å²) in [6.07, 6.45) is 3.81. The molecule has 16 heavy (non-hydrogen) atoms. The van der Waals surface area contributed by atoms with Crippen molar-refractivity contribution < 1.29 is 4.79 Å². The Labute approximate surface area is 95.1 Å². The zero-order chi connectivity index (χ0) is 11.2. The van der Waals surface area contributed by atoms with Gasteiger partial charge in [0, 0.05) is 5.57 Å². The molecule has 0 aliphatic heterocycles. The highest BCUT2D eigenvalue weighted by atomic mass is 16.1. The zero-order valence-electron chi connectivity index (χ0n) is 8.76. The van der Waals surface area contributed by atoms with Gasteiger partial charge in [0.25, 0.3) is 0 Å². The summed E-state index contributed by atoms with van der Waals surface area (Å²) in [4.78, 5) is 10.9. The van der Waals surface area contributed by atoms with Crippen molar-refractivity contribution in [2.45, 2.75) is 0 Å². The second-order valence-electron chi connectivity index (χ2n) is 3.44. The molecule has 0 aliphatic carbocycles. The van der Waals surface area contributed by atoms with E-state index >= 15 is 0 Å². The Balaban J connectivity index is 2.38. The van der Waals surface area contributed by atoms with Crippen molar-refractivity contribution in [2.24, 2.45) is 0 Å². The summed E-state index contributed by atoms with van der Waals surface area (Å²) in [5, 5.41) is 0. The van der Waals surface area contributed by atoms with Gasteiger partial charge < -0.3 is 0 Å². The molecule has 0 aliphatic rings. The molecular formula is C15H11O. The van der Waals surface area contributed by atoms with Crippen LogP contribution in [0.15, 0.2) is 60.7 Å². The Morgan fingerprint density at radius 1 is 0.875 bits per heavy atom. The molecule has 77 valence electrons. The molecule has 0 atom stereocenters. The van der Waals surface area contributed by atoms with Gasteiger partial charge in [-0.1, -0.05) is 60.7 Å². The minimum Gasteiger partial charge on any atom is -0.285 e. The van der Waals surface area contributed by atoms with E-state index < -0.39 is 0 Å². The SMILES string of the molecule is O=[C]/C(=C\c1ccccc1)c1ccccc1. The minimum absolute atomic E-state index is 0.576. The van der Waals surface area contributed by atoms with E-state index in [0.29, 0.717) is 5.57 Å². The van der Waals surface area contributed by atoms with Crippen molar-refractivity contribution in [3.8, 4) is 0 Å². The lowest BCUT2D eigenvalue weighted by Gasteiger charge is -1.99. The Hall–Kier alpha value is -2.15. The van der Waals surface area contributed by atoms with E-state index in [2.05, 4.69) is 0 Å². The summed E-state index contributed by atoms with van der Waals surface area (Å²) < 4.78 is 0. The number of benzene rings is 2. The standard InChI is InChI=1S/C15H11O/c16-12-15(14-9-5-2-6-10-14)11-13-7-3-1-4-8-13/h1-11H/b15-11+. The number of carbonyl (C=O) groups excluding carboxylic acids is 1. The first-order chi connectivity index (χ1) is 7.90. The van der Waals surface area contributed by atoms with Crippen LogP contribution in [0.25, 0.3) is 11.6 Å². The van der Waals surface area contributed by atoms with Crippen LogP contribution in [-0.4, -0.2) is 6.29 Å². The fraction of sp³-hybridized carbons (Fsp3) is 0. The van der Waals surface area contributed by atoms with E-state index in [1.807, 2.05) is 73.0 Å². The summed E-state index contributed by atoms with van der Waals surface area (Å²) >= 11 is 0. The van der Waals surface area contributed by atoms with E-state index in [1.165, 1.54) is 0 Å². The quantitative estimate of drug-likeness (QED) is 0.557. The van der Waals surface area contributed by atoms with Gasteiger partial charge in [0.05, 0.1) is 0 Å². The highest BCUT2D eigenvalue weighted by Gasteiger charge is 1.99. The second kappa shape index (κ2) is 5.08. The van der Waals surface area contributed by atoms with Crippen LogP contribution in [0.4, 0.5) is 0 Å². The van der Waals surface area contributed by atoms with Gasteiger partial charge in [-0.3, -0.25) is 4.79 Å². The maximum absolute atomic E-state index is 10.9. The topological polar surface area (TPSA) is 17.1 Å². The van der Waals surface area contributed by atoms with Gasteiger partial charge in [-0.25, -0.2) is 0 Å². The van der Waals surface area contributed by atoms with Gasteiger partial charge in [0.15, 0.2) is 0 Å². The molecule has 1 nitrogen and oxygen atoms in total. The van der Waals surface area contributed by atoms with Crippen LogP contribution in [-0.2, 0) is 4.79 Å². The summed E-state index contributed by atoms with van der Waals surface area (Å²) in [5.41, 5.74) is 2.47. The third kappa shape index (κ3) is 2.45. The zero-order valence-corrected chi connectivity index (χ0v) is 8.76. The Bertz CT molecular complexity index is 483. The molecule has 0 amide bonds. The minimum atomic E-state index is 0.576. The molecule has 0 saturated heterocycles. The van der Waals surface area contributed by atoms with E-state index in [0.717, 1.165) is 11.1 Å². The normalized spacial score (nSPS) is 11.1. The molecule has 0 saturated carbocycles. The van der Waals surface area contributed by atoms with E-state index in [1.54, 1.807) is 0 Å². The third-order valence-electron chi connectivity index (χ3n) is 2.31. The fourth-order valence-electron chi connectivity index (χ4n) is 1.51. The Morgan fingerprint density at radius 2 is 1.44 bits per heavy atom. The molecule has 0 aromatic heterocycles. The molecule has 1 heteroatoms. The van der Waals surface area contributed by atoms with Crippen LogP contribution < -0.4 is 0 Å².